The van der Waals surface area contributed by atoms with Crippen molar-refractivity contribution in [3.63, 3.8) is 0 Å². The molecule has 0 atom stereocenters. The average molecular weight is 523 g/mol. The van der Waals surface area contributed by atoms with Crippen molar-refractivity contribution in [1.29, 1.82) is 0 Å². The van der Waals surface area contributed by atoms with Crippen molar-refractivity contribution in [3.8, 4) is 17.0 Å². The van der Waals surface area contributed by atoms with Crippen LogP contribution in [0.4, 0.5) is 10.2 Å². The maximum atomic E-state index is 13.9. The fourth-order valence-corrected chi connectivity index (χ4v) is 4.18. The van der Waals surface area contributed by atoms with Gasteiger partial charge in [-0.15, -0.1) is 10.2 Å². The molecule has 0 saturated carbocycles. The number of hydrogen-bond donors (Lipinski definition) is 2. The van der Waals surface area contributed by atoms with Crippen LogP contribution in [0.3, 0.4) is 0 Å². The molecule has 11 heteroatoms. The van der Waals surface area contributed by atoms with Crippen LogP contribution < -0.4 is 10.1 Å². The number of nitrogens with one attached hydrogen (secondary N) is 2. The third-order valence-corrected chi connectivity index (χ3v) is 6.34. The Hall–Kier alpha value is -3.89. The van der Waals surface area contributed by atoms with Crippen LogP contribution in [0.1, 0.15) is 34.8 Å². The molecule has 1 aliphatic rings. The van der Waals surface area contributed by atoms with Gasteiger partial charge in [0.2, 0.25) is 5.82 Å². The molecule has 0 spiro atoms. The van der Waals surface area contributed by atoms with Crippen LogP contribution in [0.15, 0.2) is 54.9 Å². The number of benzene rings is 2. The highest BCUT2D eigenvalue weighted by Gasteiger charge is 2.17. The van der Waals surface area contributed by atoms with E-state index in [1.54, 1.807) is 30.3 Å². The van der Waals surface area contributed by atoms with E-state index in [1.807, 2.05) is 12.1 Å². The van der Waals surface area contributed by atoms with Crippen LogP contribution in [0.2, 0.25) is 5.02 Å². The topological polar surface area (TPSA) is 115 Å². The van der Waals surface area contributed by atoms with Crippen LogP contribution in [-0.4, -0.2) is 50.9 Å². The van der Waals surface area contributed by atoms with E-state index in [4.69, 9.17) is 21.1 Å². The van der Waals surface area contributed by atoms with Crippen molar-refractivity contribution < 1.29 is 18.7 Å². The van der Waals surface area contributed by atoms with Crippen LogP contribution in [-0.2, 0) is 11.2 Å². The number of carbonyl (C=O) groups excluding carboxylic acids is 1. The Kier molecular flexibility index (Phi) is 7.67. The molecule has 2 N–H and O–H groups in total. The molecule has 1 amide bonds. The Balaban J connectivity index is 1.26. The molecule has 5 rings (SSSR count). The van der Waals surface area contributed by atoms with E-state index in [9.17, 15) is 9.18 Å². The molecule has 4 aromatic rings. The summed E-state index contributed by atoms with van der Waals surface area (Å²) in [7, 11) is 0. The third kappa shape index (κ3) is 6.28. The van der Waals surface area contributed by atoms with Gasteiger partial charge in [-0.1, -0.05) is 29.8 Å². The Morgan fingerprint density at radius 2 is 1.97 bits per heavy atom. The predicted octanol–water partition coefficient (Wildman–Crippen LogP) is 4.70. The molecule has 1 saturated heterocycles. The molecule has 190 valence electrons. The highest BCUT2D eigenvalue weighted by molar-refractivity contribution is 6.33. The van der Waals surface area contributed by atoms with Gasteiger partial charge in [-0.25, -0.2) is 14.4 Å². The van der Waals surface area contributed by atoms with Gasteiger partial charge in [-0.2, -0.15) is 0 Å². The summed E-state index contributed by atoms with van der Waals surface area (Å²) in [5, 5.41) is 11.0. The molecule has 0 aliphatic carbocycles. The Morgan fingerprint density at radius 1 is 1.14 bits per heavy atom. The van der Waals surface area contributed by atoms with Gasteiger partial charge in [-0.05, 0) is 48.6 Å². The molecule has 2 aromatic carbocycles. The summed E-state index contributed by atoms with van der Waals surface area (Å²) in [4.78, 5) is 24.0. The number of amides is 1. The SMILES string of the molecule is O=C(Nc1cc(-c2cc(OCC3CCOCC3)ccc2Cl)ncn1)c1nnc(Cc2ccccc2F)[nH]1. The van der Waals surface area contributed by atoms with E-state index in [2.05, 4.69) is 30.5 Å². The number of rotatable bonds is 8. The molecule has 0 unspecified atom stereocenters. The molecular formula is C26H24ClFN6O3. The number of hydrogen-bond acceptors (Lipinski definition) is 7. The molecule has 2 aromatic heterocycles. The Bertz CT molecular complexity index is 1390. The number of ether oxygens (including phenoxy) is 2. The van der Waals surface area contributed by atoms with Gasteiger partial charge in [0.25, 0.3) is 5.91 Å². The smallest absolute Gasteiger partial charge is 0.294 e. The minimum Gasteiger partial charge on any atom is -0.493 e. The normalized spacial score (nSPS) is 13.9. The van der Waals surface area contributed by atoms with E-state index in [0.717, 1.165) is 26.1 Å². The summed E-state index contributed by atoms with van der Waals surface area (Å²) in [6, 6.07) is 13.4. The van der Waals surface area contributed by atoms with E-state index in [-0.39, 0.29) is 23.9 Å². The van der Waals surface area contributed by atoms with Gasteiger partial charge in [0, 0.05) is 31.3 Å². The van der Waals surface area contributed by atoms with Crippen molar-refractivity contribution in [1.82, 2.24) is 25.1 Å². The number of nitrogens with zero attached hydrogens (tertiary/aromatic N) is 4. The molecule has 9 nitrogen and oxygen atoms in total. The second-order valence-corrected chi connectivity index (χ2v) is 9.05. The van der Waals surface area contributed by atoms with Gasteiger partial charge < -0.3 is 19.8 Å². The lowest BCUT2D eigenvalue weighted by Crippen LogP contribution is -2.21. The lowest BCUT2D eigenvalue weighted by molar-refractivity contribution is 0.0497. The fourth-order valence-electron chi connectivity index (χ4n) is 3.97. The summed E-state index contributed by atoms with van der Waals surface area (Å²) in [5.41, 5.74) is 1.61. The zero-order chi connectivity index (χ0) is 25.6. The Labute approximate surface area is 217 Å². The van der Waals surface area contributed by atoms with Crippen molar-refractivity contribution in [2.75, 3.05) is 25.1 Å². The first kappa shape index (κ1) is 24.8. The van der Waals surface area contributed by atoms with Crippen molar-refractivity contribution >= 4 is 23.3 Å². The van der Waals surface area contributed by atoms with Gasteiger partial charge in [0.1, 0.15) is 29.5 Å². The minimum absolute atomic E-state index is 0.0203. The van der Waals surface area contributed by atoms with Crippen molar-refractivity contribution in [2.45, 2.75) is 19.3 Å². The molecule has 3 heterocycles. The first-order valence-electron chi connectivity index (χ1n) is 11.8. The predicted molar refractivity (Wildman–Crippen MR) is 135 cm³/mol. The molecule has 0 bridgehead atoms. The quantitative estimate of drug-likeness (QED) is 0.344. The third-order valence-electron chi connectivity index (χ3n) is 6.01. The number of aromatic amines is 1. The van der Waals surface area contributed by atoms with Gasteiger partial charge >= 0.3 is 0 Å². The first-order chi connectivity index (χ1) is 18.0. The monoisotopic (exact) mass is 522 g/mol. The van der Waals surface area contributed by atoms with Crippen LogP contribution in [0.25, 0.3) is 11.3 Å². The fraction of sp³-hybridized carbons (Fsp3) is 0.269. The number of H-pyrrole nitrogens is 1. The van der Waals surface area contributed by atoms with Crippen molar-refractivity contribution in [2.24, 2.45) is 5.92 Å². The zero-order valence-electron chi connectivity index (χ0n) is 19.8. The maximum Gasteiger partial charge on any atom is 0.294 e. The highest BCUT2D eigenvalue weighted by Crippen LogP contribution is 2.31. The van der Waals surface area contributed by atoms with E-state index >= 15 is 0 Å². The van der Waals surface area contributed by atoms with Crippen molar-refractivity contribution in [3.05, 3.63) is 82.9 Å². The minimum atomic E-state index is -0.545. The van der Waals surface area contributed by atoms with Crippen LogP contribution >= 0.6 is 11.6 Å². The van der Waals surface area contributed by atoms with Gasteiger partial charge in [-0.3, -0.25) is 4.79 Å². The van der Waals surface area contributed by atoms with Crippen LogP contribution in [0, 0.1) is 11.7 Å². The number of halogens is 2. The second-order valence-electron chi connectivity index (χ2n) is 8.64. The van der Waals surface area contributed by atoms with Gasteiger partial charge in [0.15, 0.2) is 0 Å². The van der Waals surface area contributed by atoms with E-state index in [0.29, 0.717) is 45.9 Å². The number of aromatic nitrogens is 5. The highest BCUT2D eigenvalue weighted by atomic mass is 35.5. The lowest BCUT2D eigenvalue weighted by atomic mass is 10.0. The lowest BCUT2D eigenvalue weighted by Gasteiger charge is -2.22. The molecule has 37 heavy (non-hydrogen) atoms. The average Bonchev–Trinajstić information content (AvgIpc) is 3.39. The molecule has 1 aliphatic heterocycles. The van der Waals surface area contributed by atoms with Crippen LogP contribution in [0.5, 0.6) is 5.75 Å². The standard InChI is InChI=1S/C26H24ClFN6O3/c27-20-6-5-18(37-14-16-7-9-36-10-8-16)12-19(20)22-13-23(30-15-29-22)32-26(35)25-31-24(33-34-25)11-17-3-1-2-4-21(17)28/h1-6,12-13,15-16H,7-11,14H2,(H,31,33,34)(H,29,30,32,35). The maximum absolute atomic E-state index is 13.9. The number of anilines is 1. The summed E-state index contributed by atoms with van der Waals surface area (Å²) in [6.07, 6.45) is 3.47. The second kappa shape index (κ2) is 11.4. The van der Waals surface area contributed by atoms with E-state index < -0.39 is 5.91 Å². The summed E-state index contributed by atoms with van der Waals surface area (Å²) >= 11 is 6.44. The molecular weight excluding hydrogens is 499 g/mol. The molecule has 0 radical (unpaired) electrons. The summed E-state index contributed by atoms with van der Waals surface area (Å²) < 4.78 is 25.3. The van der Waals surface area contributed by atoms with E-state index in [1.165, 1.54) is 12.4 Å². The molecule has 1 fully saturated rings. The van der Waals surface area contributed by atoms with Gasteiger partial charge in [0.05, 0.1) is 17.3 Å². The summed E-state index contributed by atoms with van der Waals surface area (Å²) in [5.74, 6) is 0.838. The Morgan fingerprint density at radius 3 is 2.81 bits per heavy atom. The number of carbonyl (C=O) groups is 1. The zero-order valence-corrected chi connectivity index (χ0v) is 20.5. The first-order valence-corrected chi connectivity index (χ1v) is 12.2. The summed E-state index contributed by atoms with van der Waals surface area (Å²) in [6.45, 7) is 2.12. The largest absolute Gasteiger partial charge is 0.493 e.